The molecule has 0 saturated carbocycles. The maximum atomic E-state index is 12.2. The number of aromatic nitrogens is 1. The minimum absolute atomic E-state index is 0.0946. The molecule has 1 aromatic rings. The monoisotopic (exact) mass is 294 g/mol. The Bertz CT molecular complexity index is 614. The highest BCUT2D eigenvalue weighted by atomic mass is 16.4. The van der Waals surface area contributed by atoms with E-state index in [1.54, 1.807) is 11.8 Å². The molecule has 114 valence electrons. The number of rotatable bonds is 3. The van der Waals surface area contributed by atoms with E-state index in [-0.39, 0.29) is 18.2 Å². The van der Waals surface area contributed by atoms with Crippen molar-refractivity contribution in [2.75, 3.05) is 13.1 Å². The molecule has 1 aliphatic heterocycles. The fraction of sp³-hybridized carbons (Fsp3) is 0.500. The lowest BCUT2D eigenvalue weighted by Crippen LogP contribution is -2.43. The third-order valence-electron chi connectivity index (χ3n) is 3.81. The SMILES string of the molecule is Cc1cc(O)cc(=O)n1CC(=O)N1CCC(C(=O)O)CC1. The molecule has 1 saturated heterocycles. The van der Waals surface area contributed by atoms with Crippen molar-refractivity contribution in [2.24, 2.45) is 5.92 Å². The number of likely N-dealkylation sites (tertiary alicyclic amines) is 1. The Labute approximate surface area is 121 Å². The quantitative estimate of drug-likeness (QED) is 0.828. The Hall–Kier alpha value is -2.31. The Morgan fingerprint density at radius 1 is 1.29 bits per heavy atom. The zero-order chi connectivity index (χ0) is 15.6. The fourth-order valence-electron chi connectivity index (χ4n) is 2.53. The molecule has 21 heavy (non-hydrogen) atoms. The topological polar surface area (TPSA) is 99.8 Å². The number of aromatic hydroxyl groups is 1. The molecule has 0 spiro atoms. The molecular weight excluding hydrogens is 276 g/mol. The normalized spacial score (nSPS) is 16.0. The van der Waals surface area contributed by atoms with E-state index in [0.29, 0.717) is 31.6 Å². The van der Waals surface area contributed by atoms with Crippen molar-refractivity contribution < 1.29 is 19.8 Å². The summed E-state index contributed by atoms with van der Waals surface area (Å²) < 4.78 is 1.30. The van der Waals surface area contributed by atoms with E-state index in [9.17, 15) is 19.5 Å². The van der Waals surface area contributed by atoms with Gasteiger partial charge in [-0.3, -0.25) is 14.4 Å². The molecule has 0 aliphatic carbocycles. The highest BCUT2D eigenvalue weighted by Crippen LogP contribution is 2.17. The summed E-state index contributed by atoms with van der Waals surface area (Å²) in [4.78, 5) is 36.4. The first-order chi connectivity index (χ1) is 9.88. The van der Waals surface area contributed by atoms with Gasteiger partial charge >= 0.3 is 5.97 Å². The van der Waals surface area contributed by atoms with Gasteiger partial charge in [0.2, 0.25) is 5.91 Å². The van der Waals surface area contributed by atoms with Crippen LogP contribution in [0, 0.1) is 12.8 Å². The van der Waals surface area contributed by atoms with Gasteiger partial charge in [0.15, 0.2) is 0 Å². The van der Waals surface area contributed by atoms with Gasteiger partial charge in [0, 0.05) is 24.8 Å². The van der Waals surface area contributed by atoms with E-state index >= 15 is 0 Å². The van der Waals surface area contributed by atoms with Gasteiger partial charge in [0.05, 0.1) is 5.92 Å². The van der Waals surface area contributed by atoms with Gasteiger partial charge in [-0.05, 0) is 25.8 Å². The second-order valence-electron chi connectivity index (χ2n) is 5.27. The predicted octanol–water partition coefficient (Wildman–Crippen LogP) is 0.186. The van der Waals surface area contributed by atoms with Gasteiger partial charge in [-0.2, -0.15) is 0 Å². The summed E-state index contributed by atoms with van der Waals surface area (Å²) in [5, 5.41) is 18.2. The number of hydrogen-bond acceptors (Lipinski definition) is 4. The number of aryl methyl sites for hydroxylation is 1. The largest absolute Gasteiger partial charge is 0.508 e. The van der Waals surface area contributed by atoms with Crippen LogP contribution in [0.3, 0.4) is 0 Å². The Kier molecular flexibility index (Phi) is 4.30. The zero-order valence-corrected chi connectivity index (χ0v) is 11.8. The maximum Gasteiger partial charge on any atom is 0.306 e. The number of carboxylic acid groups (broad SMARTS) is 1. The molecule has 0 aromatic carbocycles. The number of piperidine rings is 1. The molecule has 0 radical (unpaired) electrons. The second kappa shape index (κ2) is 5.99. The molecule has 0 unspecified atom stereocenters. The summed E-state index contributed by atoms with van der Waals surface area (Å²) in [6, 6.07) is 2.49. The number of carboxylic acids is 1. The number of nitrogens with zero attached hydrogens (tertiary/aromatic N) is 2. The van der Waals surface area contributed by atoms with Crippen LogP contribution < -0.4 is 5.56 Å². The van der Waals surface area contributed by atoms with Crippen molar-refractivity contribution in [3.05, 3.63) is 28.2 Å². The molecule has 0 atom stereocenters. The van der Waals surface area contributed by atoms with Crippen molar-refractivity contribution in [2.45, 2.75) is 26.3 Å². The van der Waals surface area contributed by atoms with Crippen molar-refractivity contribution in [3.63, 3.8) is 0 Å². The number of carbonyl (C=O) groups excluding carboxylic acids is 1. The van der Waals surface area contributed by atoms with Crippen LogP contribution in [-0.2, 0) is 16.1 Å². The summed E-state index contributed by atoms with van der Waals surface area (Å²) >= 11 is 0. The van der Waals surface area contributed by atoms with Crippen molar-refractivity contribution >= 4 is 11.9 Å². The van der Waals surface area contributed by atoms with Gasteiger partial charge in [-0.25, -0.2) is 0 Å². The summed E-state index contributed by atoms with van der Waals surface area (Å²) in [5.41, 5.74) is 0.0787. The van der Waals surface area contributed by atoms with Crippen LogP contribution in [0.4, 0.5) is 0 Å². The van der Waals surface area contributed by atoms with Crippen molar-refractivity contribution in [1.82, 2.24) is 9.47 Å². The first-order valence-corrected chi connectivity index (χ1v) is 6.79. The number of pyridine rings is 1. The van der Waals surface area contributed by atoms with E-state index in [1.165, 1.54) is 10.6 Å². The molecule has 7 heteroatoms. The lowest BCUT2D eigenvalue weighted by atomic mass is 9.97. The summed E-state index contributed by atoms with van der Waals surface area (Å²) in [6.45, 7) is 2.33. The Balaban J connectivity index is 2.03. The van der Waals surface area contributed by atoms with Gasteiger partial charge in [-0.1, -0.05) is 0 Å². The summed E-state index contributed by atoms with van der Waals surface area (Å²) in [5.74, 6) is -1.56. The van der Waals surface area contributed by atoms with Crippen LogP contribution in [0.1, 0.15) is 18.5 Å². The van der Waals surface area contributed by atoms with Gasteiger partial charge in [0.25, 0.3) is 5.56 Å². The van der Waals surface area contributed by atoms with Crippen molar-refractivity contribution in [3.8, 4) is 5.75 Å². The summed E-state index contributed by atoms with van der Waals surface area (Å²) in [7, 11) is 0. The third kappa shape index (κ3) is 3.42. The van der Waals surface area contributed by atoms with E-state index < -0.39 is 17.4 Å². The number of hydrogen-bond donors (Lipinski definition) is 2. The average Bonchev–Trinajstić information content (AvgIpc) is 2.42. The smallest absolute Gasteiger partial charge is 0.306 e. The molecule has 0 bridgehead atoms. The molecule has 2 heterocycles. The van der Waals surface area contributed by atoms with E-state index in [0.717, 1.165) is 6.07 Å². The number of carbonyl (C=O) groups is 2. The van der Waals surface area contributed by atoms with Gasteiger partial charge in [0.1, 0.15) is 12.3 Å². The lowest BCUT2D eigenvalue weighted by molar-refractivity contribution is -0.145. The van der Waals surface area contributed by atoms with E-state index in [4.69, 9.17) is 5.11 Å². The van der Waals surface area contributed by atoms with Crippen LogP contribution >= 0.6 is 0 Å². The van der Waals surface area contributed by atoms with E-state index in [2.05, 4.69) is 0 Å². The maximum absolute atomic E-state index is 12.2. The molecule has 1 aromatic heterocycles. The molecule has 2 N–H and O–H groups in total. The highest BCUT2D eigenvalue weighted by Gasteiger charge is 2.27. The van der Waals surface area contributed by atoms with Crippen LogP contribution in [0.2, 0.25) is 0 Å². The second-order valence-corrected chi connectivity index (χ2v) is 5.27. The average molecular weight is 294 g/mol. The predicted molar refractivity (Wildman–Crippen MR) is 74.0 cm³/mol. The van der Waals surface area contributed by atoms with Crippen LogP contribution in [-0.4, -0.2) is 44.6 Å². The third-order valence-corrected chi connectivity index (χ3v) is 3.81. The first kappa shape index (κ1) is 15.1. The van der Waals surface area contributed by atoms with E-state index in [1.807, 2.05) is 0 Å². The van der Waals surface area contributed by atoms with Crippen LogP contribution in [0.15, 0.2) is 16.9 Å². The summed E-state index contributed by atoms with van der Waals surface area (Å²) in [6.07, 6.45) is 0.870. The molecule has 7 nitrogen and oxygen atoms in total. The fourth-order valence-corrected chi connectivity index (χ4v) is 2.53. The molecule has 1 amide bonds. The molecule has 1 fully saturated rings. The van der Waals surface area contributed by atoms with Gasteiger partial charge in [-0.15, -0.1) is 0 Å². The first-order valence-electron chi connectivity index (χ1n) is 6.79. The molecule has 1 aliphatic rings. The zero-order valence-electron chi connectivity index (χ0n) is 11.8. The highest BCUT2D eigenvalue weighted by molar-refractivity contribution is 5.77. The molecular formula is C14H18N2O5. The lowest BCUT2D eigenvalue weighted by Gasteiger charge is -2.30. The Morgan fingerprint density at radius 2 is 1.90 bits per heavy atom. The van der Waals surface area contributed by atoms with Crippen LogP contribution in [0.25, 0.3) is 0 Å². The minimum Gasteiger partial charge on any atom is -0.508 e. The Morgan fingerprint density at radius 3 is 2.43 bits per heavy atom. The minimum atomic E-state index is -0.826. The number of aliphatic carboxylic acids is 1. The van der Waals surface area contributed by atoms with Crippen molar-refractivity contribution in [1.29, 1.82) is 0 Å². The molecule has 2 rings (SSSR count). The standard InChI is InChI=1S/C14H18N2O5/c1-9-6-11(17)7-12(18)16(9)8-13(19)15-4-2-10(3-5-15)14(20)21/h6-7,10,17H,2-5,8H2,1H3,(H,20,21). The van der Waals surface area contributed by atoms with Crippen LogP contribution in [0.5, 0.6) is 5.75 Å². The number of amides is 1. The van der Waals surface area contributed by atoms with Gasteiger partial charge < -0.3 is 19.7 Å².